The van der Waals surface area contributed by atoms with E-state index in [0.717, 1.165) is 58.7 Å². The molecule has 0 bridgehead atoms. The Morgan fingerprint density at radius 2 is 1.42 bits per heavy atom. The van der Waals surface area contributed by atoms with E-state index < -0.39 is 11.6 Å². The van der Waals surface area contributed by atoms with Gasteiger partial charge in [-0.3, -0.25) is 0 Å². The monoisotopic (exact) mass is 650 g/mol. The van der Waals surface area contributed by atoms with Crippen molar-refractivity contribution >= 4 is 63.6 Å². The number of fused-ring (bicyclic) bond motifs is 2. The quantitative estimate of drug-likeness (QED) is 0.0997. The van der Waals surface area contributed by atoms with Crippen LogP contribution in [0.2, 0.25) is 20.1 Å². The van der Waals surface area contributed by atoms with Gasteiger partial charge in [0.1, 0.15) is 0 Å². The molecule has 0 N–H and O–H groups in total. The number of benzene rings is 3. The van der Waals surface area contributed by atoms with Crippen molar-refractivity contribution in [2.24, 2.45) is 0 Å². The number of aromatic nitrogens is 1. The number of hydrogen-bond acceptors (Lipinski definition) is 3. The number of hydrogen-bond donors (Lipinski definition) is 0. The molecule has 0 aliphatic carbocycles. The zero-order chi connectivity index (χ0) is 30.6. The molecule has 2 aromatic heterocycles. The molecule has 4 nitrogen and oxygen atoms in total. The maximum absolute atomic E-state index is 13.9. The van der Waals surface area contributed by atoms with Crippen LogP contribution in [0.25, 0.3) is 16.6 Å². The highest BCUT2D eigenvalue weighted by Gasteiger charge is 2.55. The number of aryl methyl sites for hydroxylation is 2. The van der Waals surface area contributed by atoms with Gasteiger partial charge in [0.05, 0.1) is 31.2 Å². The van der Waals surface area contributed by atoms with Crippen molar-refractivity contribution in [3.05, 3.63) is 127 Å². The summed E-state index contributed by atoms with van der Waals surface area (Å²) in [7, 11) is 0. The molecule has 0 fully saturated rings. The molecule has 6 rings (SSSR count). The fraction of sp³-hybridized carbons (Fsp3) is 0.229. The highest BCUT2D eigenvalue weighted by atomic mass is 35.5. The van der Waals surface area contributed by atoms with Crippen LogP contribution in [0.4, 0.5) is 5.69 Å². The van der Waals surface area contributed by atoms with E-state index >= 15 is 0 Å². The fourth-order valence-electron chi connectivity index (χ4n) is 6.39. The molecular formula is C35H30Cl4N2O2. The average molecular weight is 652 g/mol. The van der Waals surface area contributed by atoms with Crippen LogP contribution in [0.1, 0.15) is 59.1 Å². The van der Waals surface area contributed by atoms with Gasteiger partial charge in [-0.05, 0) is 56.5 Å². The van der Waals surface area contributed by atoms with E-state index in [9.17, 15) is 4.79 Å². The summed E-state index contributed by atoms with van der Waals surface area (Å²) in [5, 5.41) is 0.244. The van der Waals surface area contributed by atoms with Crippen LogP contribution in [-0.2, 0) is 16.8 Å². The maximum Gasteiger partial charge on any atom is 0.341 e. The molecule has 8 heteroatoms. The Morgan fingerprint density at radius 3 is 2.05 bits per heavy atom. The first kappa shape index (κ1) is 29.9. The summed E-state index contributed by atoms with van der Waals surface area (Å²) in [6.45, 7) is 10.2. The van der Waals surface area contributed by atoms with Gasteiger partial charge in [0, 0.05) is 52.9 Å². The van der Waals surface area contributed by atoms with Crippen molar-refractivity contribution in [1.29, 1.82) is 0 Å². The van der Waals surface area contributed by atoms with Crippen molar-refractivity contribution in [3.63, 3.8) is 0 Å². The standard InChI is InChI=1S/C35H30Cl4N2O2/c1-5-21-13-18-25-28(26(20(4)41(25)19-21)22-11-9-8-10-12-22)35(23-14-16-24(17-15-23)40(6-2)7-3)29-27(34(42)43-35)30(36)32(38)33(39)31(29)37/h8-19H,5-7H2,1-4H3. The molecule has 3 heterocycles. The highest BCUT2D eigenvalue weighted by Crippen LogP contribution is 2.58. The van der Waals surface area contributed by atoms with E-state index in [0.29, 0.717) is 5.56 Å². The van der Waals surface area contributed by atoms with E-state index in [2.05, 4.69) is 67.5 Å². The number of carbonyl (C=O) groups is 1. The third-order valence-electron chi connectivity index (χ3n) is 8.53. The SMILES string of the molecule is CCc1ccc2c(C3(c4ccc(N(CC)CC)cc4)OC(=O)c4c(Cl)c(Cl)c(Cl)c(Cl)c43)c(-c3ccccc3)c(C)n2c1. The number of halogens is 4. The molecule has 220 valence electrons. The molecule has 0 spiro atoms. The lowest BCUT2D eigenvalue weighted by Crippen LogP contribution is -2.31. The van der Waals surface area contributed by atoms with Gasteiger partial charge < -0.3 is 14.0 Å². The molecule has 1 unspecified atom stereocenters. The Bertz CT molecular complexity index is 1880. The minimum absolute atomic E-state index is 0.0190. The number of carbonyl (C=O) groups excluding carboxylic acids is 1. The molecule has 1 atom stereocenters. The topological polar surface area (TPSA) is 34.0 Å². The molecule has 1 aliphatic heterocycles. The van der Waals surface area contributed by atoms with Crippen molar-refractivity contribution in [2.45, 2.75) is 39.7 Å². The van der Waals surface area contributed by atoms with Crippen LogP contribution >= 0.6 is 46.4 Å². The van der Waals surface area contributed by atoms with Crippen molar-refractivity contribution in [2.75, 3.05) is 18.0 Å². The maximum atomic E-state index is 13.9. The van der Waals surface area contributed by atoms with Crippen LogP contribution in [0.3, 0.4) is 0 Å². The Morgan fingerprint density at radius 1 is 0.767 bits per heavy atom. The third-order valence-corrected chi connectivity index (χ3v) is 10.3. The van der Waals surface area contributed by atoms with Crippen molar-refractivity contribution < 1.29 is 9.53 Å². The summed E-state index contributed by atoms with van der Waals surface area (Å²) in [5.41, 5.74) is 6.53. The summed E-state index contributed by atoms with van der Waals surface area (Å²) in [5.74, 6) is -0.616. The molecule has 43 heavy (non-hydrogen) atoms. The summed E-state index contributed by atoms with van der Waals surface area (Å²) >= 11 is 27.0. The second-order valence-electron chi connectivity index (χ2n) is 10.6. The van der Waals surface area contributed by atoms with E-state index in [1.54, 1.807) is 0 Å². The van der Waals surface area contributed by atoms with Crippen LogP contribution in [-0.4, -0.2) is 23.5 Å². The summed E-state index contributed by atoms with van der Waals surface area (Å²) in [6.07, 6.45) is 3.01. The van der Waals surface area contributed by atoms with Crippen LogP contribution in [0.15, 0.2) is 72.9 Å². The van der Waals surface area contributed by atoms with Gasteiger partial charge >= 0.3 is 5.97 Å². The second-order valence-corrected chi connectivity index (χ2v) is 12.2. The van der Waals surface area contributed by atoms with Gasteiger partial charge in [-0.2, -0.15) is 0 Å². The zero-order valence-corrected chi connectivity index (χ0v) is 27.3. The number of rotatable bonds is 7. The van der Waals surface area contributed by atoms with Crippen LogP contribution in [0, 0.1) is 6.92 Å². The van der Waals surface area contributed by atoms with Crippen molar-refractivity contribution in [1.82, 2.24) is 4.40 Å². The predicted octanol–water partition coefficient (Wildman–Crippen LogP) is 10.4. The van der Waals surface area contributed by atoms with Gasteiger partial charge in [0.15, 0.2) is 5.60 Å². The van der Waals surface area contributed by atoms with Crippen molar-refractivity contribution in [3.8, 4) is 11.1 Å². The molecule has 0 saturated carbocycles. The van der Waals surface area contributed by atoms with Gasteiger partial charge in [-0.25, -0.2) is 4.79 Å². The minimum Gasteiger partial charge on any atom is -0.440 e. The lowest BCUT2D eigenvalue weighted by molar-refractivity contribution is 0.0258. The minimum atomic E-state index is -1.48. The van der Waals surface area contributed by atoms with Gasteiger partial charge in [-0.1, -0.05) is 102 Å². The number of anilines is 1. The number of nitrogens with zero attached hydrogens (tertiary/aromatic N) is 2. The molecule has 0 radical (unpaired) electrons. The number of esters is 1. The zero-order valence-electron chi connectivity index (χ0n) is 24.3. The van der Waals surface area contributed by atoms with E-state index in [-0.39, 0.29) is 25.7 Å². The number of ether oxygens (including phenoxy) is 1. The number of cyclic esters (lactones) is 1. The lowest BCUT2D eigenvalue weighted by atomic mass is 9.77. The molecule has 3 aromatic carbocycles. The third kappa shape index (κ3) is 4.45. The molecular weight excluding hydrogens is 622 g/mol. The summed E-state index contributed by atoms with van der Waals surface area (Å²) in [6, 6.07) is 22.4. The Kier molecular flexibility index (Phi) is 7.93. The Labute approximate surface area is 271 Å². The summed E-state index contributed by atoms with van der Waals surface area (Å²) < 4.78 is 8.77. The second kappa shape index (κ2) is 11.4. The Balaban J connectivity index is 1.81. The van der Waals surface area contributed by atoms with E-state index in [4.69, 9.17) is 51.1 Å². The van der Waals surface area contributed by atoms with E-state index in [1.807, 2.05) is 42.5 Å². The first-order valence-electron chi connectivity index (χ1n) is 14.3. The highest BCUT2D eigenvalue weighted by molar-refractivity contribution is 6.53. The molecule has 5 aromatic rings. The van der Waals surface area contributed by atoms with Gasteiger partial charge in [0.25, 0.3) is 0 Å². The van der Waals surface area contributed by atoms with Gasteiger partial charge in [0.2, 0.25) is 0 Å². The van der Waals surface area contributed by atoms with E-state index in [1.165, 1.54) is 5.56 Å². The van der Waals surface area contributed by atoms with Crippen LogP contribution in [0.5, 0.6) is 0 Å². The Hall–Kier alpha value is -3.15. The number of pyridine rings is 1. The fourth-order valence-corrected chi connectivity index (χ4v) is 7.46. The normalized spacial score (nSPS) is 16.0. The lowest BCUT2D eigenvalue weighted by Gasteiger charge is -2.32. The first-order chi connectivity index (χ1) is 20.7. The predicted molar refractivity (Wildman–Crippen MR) is 179 cm³/mol. The average Bonchev–Trinajstić information content (AvgIpc) is 3.51. The summed E-state index contributed by atoms with van der Waals surface area (Å²) in [4.78, 5) is 16.2. The smallest absolute Gasteiger partial charge is 0.341 e. The molecule has 0 amide bonds. The largest absolute Gasteiger partial charge is 0.440 e. The van der Waals surface area contributed by atoms with Crippen LogP contribution < -0.4 is 4.90 Å². The first-order valence-corrected chi connectivity index (χ1v) is 15.8. The molecule has 1 aliphatic rings. The van der Waals surface area contributed by atoms with Gasteiger partial charge in [-0.15, -0.1) is 0 Å². The molecule has 0 saturated heterocycles.